The van der Waals surface area contributed by atoms with Crippen LogP contribution >= 0.6 is 27.3 Å². The van der Waals surface area contributed by atoms with E-state index in [4.69, 9.17) is 9.15 Å². The second kappa shape index (κ2) is 12.6. The third-order valence-corrected chi connectivity index (χ3v) is 9.71. The molecule has 14 nitrogen and oxygen atoms in total. The number of carbonyl (C=O) groups excluding carboxylic acids is 2. The highest BCUT2D eigenvalue weighted by molar-refractivity contribution is 9.10. The molecule has 224 valence electrons. The van der Waals surface area contributed by atoms with Crippen molar-refractivity contribution in [2.75, 3.05) is 37.8 Å². The third-order valence-electron chi connectivity index (χ3n) is 6.31. The summed E-state index contributed by atoms with van der Waals surface area (Å²) in [5.41, 5.74) is 0.739. The predicted octanol–water partition coefficient (Wildman–Crippen LogP) is 4.70. The quantitative estimate of drug-likeness (QED) is 0.144. The maximum atomic E-state index is 13.7. The number of hydrogen-bond donors (Lipinski definition) is 0. The lowest BCUT2D eigenvalue weighted by Crippen LogP contribution is -2.50. The number of sulfonamides is 1. The maximum absolute atomic E-state index is 13.7. The van der Waals surface area contributed by atoms with Crippen molar-refractivity contribution in [2.24, 2.45) is 5.10 Å². The first-order valence-corrected chi connectivity index (χ1v) is 15.8. The van der Waals surface area contributed by atoms with Crippen LogP contribution in [0.25, 0.3) is 10.2 Å². The first kappa shape index (κ1) is 30.3. The minimum atomic E-state index is -3.89. The number of nitro groups is 1. The number of hydrazone groups is 1. The van der Waals surface area contributed by atoms with Gasteiger partial charge in [-0.1, -0.05) is 27.3 Å². The Labute approximate surface area is 257 Å². The number of furan rings is 1. The van der Waals surface area contributed by atoms with E-state index >= 15 is 0 Å². The lowest BCUT2D eigenvalue weighted by atomic mass is 10.2. The van der Waals surface area contributed by atoms with Crippen LogP contribution in [0.5, 0.6) is 0 Å². The number of fused-ring (bicyclic) bond motifs is 1. The van der Waals surface area contributed by atoms with Gasteiger partial charge in [0.25, 0.3) is 5.91 Å². The Balaban J connectivity index is 1.39. The SMILES string of the molecule is CCOC(=O)N1CCN(S(=O)(=O)c2ccc(C(=O)N(/N=C/c3ccc([N+](=O)[O-])o3)c3nc4ccc(Br)cc4s3)cc2)CC1. The molecule has 1 saturated heterocycles. The highest BCUT2D eigenvalue weighted by Crippen LogP contribution is 2.32. The zero-order chi connectivity index (χ0) is 30.7. The number of benzene rings is 2. The summed E-state index contributed by atoms with van der Waals surface area (Å²) in [6.45, 7) is 2.52. The van der Waals surface area contributed by atoms with Crippen LogP contribution in [0.4, 0.5) is 15.8 Å². The number of nitrogens with zero attached hydrogens (tertiary/aromatic N) is 6. The van der Waals surface area contributed by atoms with Crippen LogP contribution < -0.4 is 5.01 Å². The second-order valence-corrected chi connectivity index (χ2v) is 12.9. The first-order valence-electron chi connectivity index (χ1n) is 12.8. The molecule has 0 atom stereocenters. The van der Waals surface area contributed by atoms with Crippen molar-refractivity contribution in [3.63, 3.8) is 0 Å². The molecule has 0 N–H and O–H groups in total. The molecule has 0 aliphatic carbocycles. The lowest BCUT2D eigenvalue weighted by molar-refractivity contribution is -0.402. The Bertz CT molecular complexity index is 1810. The van der Waals surface area contributed by atoms with Crippen LogP contribution in [0.1, 0.15) is 23.0 Å². The lowest BCUT2D eigenvalue weighted by Gasteiger charge is -2.33. The van der Waals surface area contributed by atoms with Gasteiger partial charge in [-0.3, -0.25) is 14.9 Å². The molecule has 0 spiro atoms. The molecule has 0 saturated carbocycles. The second-order valence-electron chi connectivity index (χ2n) is 9.02. The summed E-state index contributed by atoms with van der Waals surface area (Å²) in [6, 6.07) is 13.3. The third kappa shape index (κ3) is 6.58. The largest absolute Gasteiger partial charge is 0.450 e. The number of thiazole rings is 1. The average molecular weight is 692 g/mol. The predicted molar refractivity (Wildman–Crippen MR) is 161 cm³/mol. The maximum Gasteiger partial charge on any atom is 0.433 e. The molecular weight excluding hydrogens is 668 g/mol. The van der Waals surface area contributed by atoms with Crippen molar-refractivity contribution in [2.45, 2.75) is 11.8 Å². The van der Waals surface area contributed by atoms with Crippen molar-refractivity contribution < 1.29 is 32.1 Å². The van der Waals surface area contributed by atoms with Crippen LogP contribution in [0, 0.1) is 10.1 Å². The molecule has 0 unspecified atom stereocenters. The fraction of sp³-hybridized carbons (Fsp3) is 0.231. The number of rotatable bonds is 8. The Hall–Kier alpha value is -4.19. The standard InChI is InChI=1S/C26H23BrN6O8S2/c1-2-40-26(35)30-11-13-31(14-12-30)43(38,39)20-7-3-17(4-8-20)24(34)32(28-16-19-6-10-23(41-19)33(36)37)25-29-21-9-5-18(27)15-22(21)42-25/h3-10,15-16H,2,11-14H2,1H3/b28-16+. The minimum Gasteiger partial charge on any atom is -0.450 e. The average Bonchev–Trinajstić information content (AvgIpc) is 3.65. The summed E-state index contributed by atoms with van der Waals surface area (Å²) >= 11 is 4.60. The zero-order valence-corrected chi connectivity index (χ0v) is 25.7. The zero-order valence-electron chi connectivity index (χ0n) is 22.5. The number of ether oxygens (including phenoxy) is 1. The van der Waals surface area contributed by atoms with Crippen molar-refractivity contribution in [3.05, 3.63) is 80.5 Å². The van der Waals surface area contributed by atoms with Gasteiger partial charge in [-0.25, -0.2) is 18.2 Å². The van der Waals surface area contributed by atoms with E-state index < -0.39 is 32.8 Å². The summed E-state index contributed by atoms with van der Waals surface area (Å²) in [5.74, 6) is -1.07. The number of hydrogen-bond acceptors (Lipinski definition) is 11. The van der Waals surface area contributed by atoms with Gasteiger partial charge in [0.15, 0.2) is 5.76 Å². The van der Waals surface area contributed by atoms with Crippen LogP contribution in [0.3, 0.4) is 0 Å². The van der Waals surface area contributed by atoms with Crippen LogP contribution in [0.15, 0.2) is 73.5 Å². The Morgan fingerprint density at radius 1 is 1.16 bits per heavy atom. The summed E-state index contributed by atoms with van der Waals surface area (Å²) in [6.07, 6.45) is 0.669. The van der Waals surface area contributed by atoms with E-state index in [0.717, 1.165) is 20.4 Å². The molecule has 3 heterocycles. The molecule has 17 heteroatoms. The van der Waals surface area contributed by atoms with Gasteiger partial charge in [0.1, 0.15) is 4.92 Å². The van der Waals surface area contributed by atoms with Gasteiger partial charge in [-0.2, -0.15) is 14.4 Å². The molecule has 1 aliphatic heterocycles. The number of aromatic nitrogens is 1. The minimum absolute atomic E-state index is 0.0172. The van der Waals surface area contributed by atoms with Crippen LogP contribution in [0.2, 0.25) is 0 Å². The van der Waals surface area contributed by atoms with Gasteiger partial charge in [-0.15, -0.1) is 0 Å². The van der Waals surface area contributed by atoms with Crippen molar-refractivity contribution in [3.8, 4) is 0 Å². The molecule has 0 radical (unpaired) electrons. The van der Waals surface area contributed by atoms with E-state index in [1.54, 1.807) is 19.1 Å². The van der Waals surface area contributed by atoms with Crippen molar-refractivity contribution in [1.29, 1.82) is 0 Å². The van der Waals surface area contributed by atoms with Gasteiger partial charge in [0.2, 0.25) is 15.2 Å². The summed E-state index contributed by atoms with van der Waals surface area (Å²) in [4.78, 5) is 41.8. The monoisotopic (exact) mass is 690 g/mol. The van der Waals surface area contributed by atoms with Crippen molar-refractivity contribution >= 4 is 76.7 Å². The molecule has 0 bridgehead atoms. The Morgan fingerprint density at radius 3 is 2.53 bits per heavy atom. The van der Waals surface area contributed by atoms with Crippen LogP contribution in [-0.4, -0.2) is 78.5 Å². The molecule has 1 aliphatic rings. The van der Waals surface area contributed by atoms with Crippen LogP contribution in [-0.2, 0) is 14.8 Å². The normalized spacial score (nSPS) is 14.3. The fourth-order valence-electron chi connectivity index (χ4n) is 4.16. The summed E-state index contributed by atoms with van der Waals surface area (Å²) < 4.78 is 39.5. The fourth-order valence-corrected chi connectivity index (χ4v) is 7.05. The number of piperazine rings is 1. The summed E-state index contributed by atoms with van der Waals surface area (Å²) in [5, 5.41) is 16.4. The van der Waals surface area contributed by atoms with Gasteiger partial charge >= 0.3 is 12.0 Å². The highest BCUT2D eigenvalue weighted by atomic mass is 79.9. The van der Waals surface area contributed by atoms with E-state index in [0.29, 0.717) is 5.52 Å². The van der Waals surface area contributed by atoms with Crippen molar-refractivity contribution in [1.82, 2.24) is 14.2 Å². The molecule has 43 heavy (non-hydrogen) atoms. The number of anilines is 1. The Morgan fingerprint density at radius 2 is 1.88 bits per heavy atom. The number of carbonyl (C=O) groups is 2. The molecule has 2 aromatic carbocycles. The van der Waals surface area contributed by atoms with E-state index in [1.807, 2.05) is 6.07 Å². The molecule has 4 aromatic rings. The first-order chi connectivity index (χ1) is 20.6. The molecule has 1 fully saturated rings. The van der Waals surface area contributed by atoms with E-state index in [2.05, 4.69) is 26.0 Å². The van der Waals surface area contributed by atoms with E-state index in [1.165, 1.54) is 56.9 Å². The molecular formula is C26H23BrN6O8S2. The smallest absolute Gasteiger partial charge is 0.433 e. The van der Waals surface area contributed by atoms with E-state index in [9.17, 15) is 28.1 Å². The highest BCUT2D eigenvalue weighted by Gasteiger charge is 2.31. The molecule has 5 rings (SSSR count). The Kier molecular flexibility index (Phi) is 8.86. The van der Waals surface area contributed by atoms with E-state index in [-0.39, 0.29) is 54.1 Å². The number of halogens is 1. The molecule has 2 aromatic heterocycles. The van der Waals surface area contributed by atoms with Gasteiger partial charge in [0, 0.05) is 36.2 Å². The van der Waals surface area contributed by atoms with Gasteiger partial charge < -0.3 is 14.1 Å². The topological polar surface area (TPSA) is 169 Å². The number of amides is 2. The summed E-state index contributed by atoms with van der Waals surface area (Å²) in [7, 11) is -3.89. The van der Waals surface area contributed by atoms with Gasteiger partial charge in [0.05, 0.1) is 34.0 Å². The molecule has 2 amide bonds. The van der Waals surface area contributed by atoms with Gasteiger partial charge in [-0.05, 0) is 55.5 Å².